The largest absolute Gasteiger partial charge is 0.354 e. The zero-order valence-corrected chi connectivity index (χ0v) is 12.7. The fraction of sp³-hybridized carbons (Fsp3) is 0.786. The lowest BCUT2D eigenvalue weighted by molar-refractivity contribution is 0.209. The first-order chi connectivity index (χ1) is 8.36. The van der Waals surface area contributed by atoms with Crippen molar-refractivity contribution in [1.82, 2.24) is 14.5 Å². The minimum Gasteiger partial charge on any atom is -0.354 e. The maximum Gasteiger partial charge on any atom is 0.203 e. The molecule has 0 amide bonds. The summed E-state index contributed by atoms with van der Waals surface area (Å²) in [5, 5.41) is 3.47. The summed E-state index contributed by atoms with van der Waals surface area (Å²) in [6.07, 6.45) is 4.53. The summed E-state index contributed by atoms with van der Waals surface area (Å²) >= 11 is 0. The molecule has 4 nitrogen and oxygen atoms in total. The van der Waals surface area contributed by atoms with Gasteiger partial charge in [0, 0.05) is 24.8 Å². The maximum absolute atomic E-state index is 4.56. The highest BCUT2D eigenvalue weighted by atomic mass is 15.2. The molecule has 0 aromatic carbocycles. The van der Waals surface area contributed by atoms with Crippen LogP contribution < -0.4 is 5.32 Å². The molecular weight excluding hydrogens is 224 g/mol. The summed E-state index contributed by atoms with van der Waals surface area (Å²) < 4.78 is 2.23. The molecule has 0 aliphatic heterocycles. The first-order valence-corrected chi connectivity index (χ1v) is 6.82. The number of hydrogen-bond acceptors (Lipinski definition) is 3. The first-order valence-electron chi connectivity index (χ1n) is 6.82. The number of nitrogens with zero attached hydrogens (tertiary/aromatic N) is 3. The van der Waals surface area contributed by atoms with Crippen molar-refractivity contribution in [2.45, 2.75) is 52.6 Å². The molecule has 0 aliphatic carbocycles. The van der Waals surface area contributed by atoms with Gasteiger partial charge in [-0.3, -0.25) is 0 Å². The standard InChI is InChI=1S/C14H28N4/c1-7-8-9-18-10-12(2)16-13(18)15-11-14(3,4)17(5)6/h10H,7-9,11H2,1-6H3,(H,15,16). The third-order valence-corrected chi connectivity index (χ3v) is 3.54. The molecule has 0 aliphatic rings. The highest BCUT2D eigenvalue weighted by Gasteiger charge is 2.20. The van der Waals surface area contributed by atoms with Crippen molar-refractivity contribution in [3.63, 3.8) is 0 Å². The third kappa shape index (κ3) is 4.02. The lowest BCUT2D eigenvalue weighted by Crippen LogP contribution is -2.44. The van der Waals surface area contributed by atoms with Crippen molar-refractivity contribution in [3.8, 4) is 0 Å². The van der Waals surface area contributed by atoms with Gasteiger partial charge in [-0.25, -0.2) is 4.98 Å². The molecule has 1 N–H and O–H groups in total. The van der Waals surface area contributed by atoms with Gasteiger partial charge in [0.1, 0.15) is 0 Å². The second-order valence-electron chi connectivity index (χ2n) is 5.81. The zero-order valence-electron chi connectivity index (χ0n) is 12.7. The van der Waals surface area contributed by atoms with Crippen molar-refractivity contribution in [1.29, 1.82) is 0 Å². The van der Waals surface area contributed by atoms with E-state index in [0.717, 1.165) is 24.7 Å². The predicted molar refractivity (Wildman–Crippen MR) is 78.1 cm³/mol. The lowest BCUT2D eigenvalue weighted by atomic mass is 10.1. The van der Waals surface area contributed by atoms with Crippen molar-refractivity contribution in [2.75, 3.05) is 26.0 Å². The highest BCUT2D eigenvalue weighted by Crippen LogP contribution is 2.14. The Morgan fingerprint density at radius 2 is 2.06 bits per heavy atom. The van der Waals surface area contributed by atoms with Gasteiger partial charge in [0.2, 0.25) is 5.95 Å². The molecule has 1 aromatic heterocycles. The van der Waals surface area contributed by atoms with Crippen molar-refractivity contribution >= 4 is 5.95 Å². The Labute approximate surface area is 111 Å². The molecule has 104 valence electrons. The van der Waals surface area contributed by atoms with Gasteiger partial charge in [0.25, 0.3) is 0 Å². The molecule has 0 saturated heterocycles. The molecule has 0 saturated carbocycles. The Balaban J connectivity index is 2.66. The molecule has 0 unspecified atom stereocenters. The van der Waals surface area contributed by atoms with E-state index < -0.39 is 0 Å². The molecule has 1 rings (SSSR count). The molecule has 18 heavy (non-hydrogen) atoms. The van der Waals surface area contributed by atoms with Gasteiger partial charge in [-0.1, -0.05) is 13.3 Å². The van der Waals surface area contributed by atoms with E-state index in [-0.39, 0.29) is 5.54 Å². The van der Waals surface area contributed by atoms with E-state index in [1.165, 1.54) is 12.8 Å². The van der Waals surface area contributed by atoms with Crippen molar-refractivity contribution in [2.24, 2.45) is 0 Å². The number of anilines is 1. The van der Waals surface area contributed by atoms with Crippen LogP contribution in [0.3, 0.4) is 0 Å². The van der Waals surface area contributed by atoms with E-state index in [1.807, 2.05) is 6.92 Å². The minimum absolute atomic E-state index is 0.120. The molecule has 0 bridgehead atoms. The van der Waals surface area contributed by atoms with E-state index in [0.29, 0.717) is 0 Å². The van der Waals surface area contributed by atoms with Gasteiger partial charge >= 0.3 is 0 Å². The number of unbranched alkanes of at least 4 members (excludes halogenated alkanes) is 1. The fourth-order valence-corrected chi connectivity index (χ4v) is 1.64. The molecular formula is C14H28N4. The first kappa shape index (κ1) is 15.0. The number of aryl methyl sites for hydroxylation is 2. The number of rotatable bonds is 7. The number of aromatic nitrogens is 2. The summed E-state index contributed by atoms with van der Waals surface area (Å²) in [5.74, 6) is 0.996. The Kier molecular flexibility index (Phi) is 5.20. The van der Waals surface area contributed by atoms with Gasteiger partial charge in [-0.2, -0.15) is 0 Å². The molecule has 1 aromatic rings. The second kappa shape index (κ2) is 6.23. The molecule has 0 spiro atoms. The van der Waals surface area contributed by atoms with Crippen LogP contribution in [0.25, 0.3) is 0 Å². The van der Waals surface area contributed by atoms with Crippen LogP contribution >= 0.6 is 0 Å². The average molecular weight is 252 g/mol. The molecule has 0 fully saturated rings. The van der Waals surface area contributed by atoms with Crippen LogP contribution in [0.15, 0.2) is 6.20 Å². The van der Waals surface area contributed by atoms with E-state index in [9.17, 15) is 0 Å². The Morgan fingerprint density at radius 1 is 1.39 bits per heavy atom. The summed E-state index contributed by atoms with van der Waals surface area (Å²) in [5.41, 5.74) is 1.20. The average Bonchev–Trinajstić information content (AvgIpc) is 2.64. The van der Waals surface area contributed by atoms with Crippen LogP contribution in [0.1, 0.15) is 39.3 Å². The summed E-state index contributed by atoms with van der Waals surface area (Å²) in [4.78, 5) is 6.79. The Hall–Kier alpha value is -1.03. The minimum atomic E-state index is 0.120. The molecule has 0 radical (unpaired) electrons. The van der Waals surface area contributed by atoms with Crippen LogP contribution in [-0.4, -0.2) is 40.6 Å². The highest BCUT2D eigenvalue weighted by molar-refractivity contribution is 5.29. The topological polar surface area (TPSA) is 33.1 Å². The van der Waals surface area contributed by atoms with Crippen molar-refractivity contribution < 1.29 is 0 Å². The monoisotopic (exact) mass is 252 g/mol. The van der Waals surface area contributed by atoms with Crippen LogP contribution in [0.2, 0.25) is 0 Å². The summed E-state index contributed by atoms with van der Waals surface area (Å²) in [7, 11) is 4.22. The third-order valence-electron chi connectivity index (χ3n) is 3.54. The predicted octanol–water partition coefficient (Wildman–Crippen LogP) is 2.74. The smallest absolute Gasteiger partial charge is 0.203 e. The lowest BCUT2D eigenvalue weighted by Gasteiger charge is -2.32. The van der Waals surface area contributed by atoms with E-state index in [1.54, 1.807) is 0 Å². The van der Waals surface area contributed by atoms with Crippen LogP contribution in [0.4, 0.5) is 5.95 Å². The van der Waals surface area contributed by atoms with Gasteiger partial charge in [-0.15, -0.1) is 0 Å². The zero-order chi connectivity index (χ0) is 13.8. The molecule has 0 atom stereocenters. The maximum atomic E-state index is 4.56. The summed E-state index contributed by atoms with van der Waals surface area (Å²) in [6, 6.07) is 0. The van der Waals surface area contributed by atoms with E-state index in [2.05, 4.69) is 60.8 Å². The number of imidazole rings is 1. The Bertz CT molecular complexity index is 366. The van der Waals surface area contributed by atoms with Gasteiger partial charge in [0.15, 0.2) is 0 Å². The second-order valence-corrected chi connectivity index (χ2v) is 5.81. The van der Waals surface area contributed by atoms with E-state index >= 15 is 0 Å². The van der Waals surface area contributed by atoms with Crippen molar-refractivity contribution in [3.05, 3.63) is 11.9 Å². The molecule has 1 heterocycles. The number of likely N-dealkylation sites (N-methyl/N-ethyl adjacent to an activating group) is 1. The Morgan fingerprint density at radius 3 is 2.61 bits per heavy atom. The van der Waals surface area contributed by atoms with Crippen LogP contribution in [0.5, 0.6) is 0 Å². The van der Waals surface area contributed by atoms with E-state index in [4.69, 9.17) is 0 Å². The van der Waals surface area contributed by atoms with Crippen LogP contribution in [0, 0.1) is 6.92 Å². The SMILES string of the molecule is CCCCn1cc(C)nc1NCC(C)(C)N(C)C. The quantitative estimate of drug-likeness (QED) is 0.810. The normalized spacial score (nSPS) is 12.2. The summed E-state index contributed by atoms with van der Waals surface area (Å²) in [6.45, 7) is 10.7. The number of nitrogens with one attached hydrogen (secondary N) is 1. The van der Waals surface area contributed by atoms with Gasteiger partial charge in [0.05, 0.1) is 5.69 Å². The van der Waals surface area contributed by atoms with Crippen LogP contribution in [-0.2, 0) is 6.54 Å². The van der Waals surface area contributed by atoms with Gasteiger partial charge < -0.3 is 14.8 Å². The fourth-order valence-electron chi connectivity index (χ4n) is 1.64. The number of hydrogen-bond donors (Lipinski definition) is 1. The molecule has 4 heteroatoms. The van der Waals surface area contributed by atoms with Gasteiger partial charge in [-0.05, 0) is 41.3 Å².